The van der Waals surface area contributed by atoms with E-state index in [9.17, 15) is 0 Å². The molecule has 0 radical (unpaired) electrons. The molecule has 3 unspecified atom stereocenters. The fourth-order valence-electron chi connectivity index (χ4n) is 3.10. The molecule has 0 spiro atoms. The summed E-state index contributed by atoms with van der Waals surface area (Å²) in [6.07, 6.45) is 7.74. The van der Waals surface area contributed by atoms with E-state index in [0.29, 0.717) is 12.0 Å². The van der Waals surface area contributed by atoms with Crippen LogP contribution in [0.25, 0.3) is 0 Å². The lowest BCUT2D eigenvalue weighted by molar-refractivity contribution is 0.389. The van der Waals surface area contributed by atoms with Gasteiger partial charge in [0, 0.05) is 18.5 Å². The van der Waals surface area contributed by atoms with Crippen LogP contribution in [0.15, 0.2) is 6.33 Å². The highest BCUT2D eigenvalue weighted by molar-refractivity contribution is 4.94. The van der Waals surface area contributed by atoms with Crippen molar-refractivity contribution in [1.29, 1.82) is 0 Å². The number of rotatable bonds is 5. The maximum absolute atomic E-state index is 6.38. The number of nitrogens with zero attached hydrogens (tertiary/aromatic N) is 3. The van der Waals surface area contributed by atoms with E-state index in [1.165, 1.54) is 25.7 Å². The second kappa shape index (κ2) is 5.83. The zero-order valence-electron chi connectivity index (χ0n) is 11.8. The van der Waals surface area contributed by atoms with E-state index in [1.807, 2.05) is 4.68 Å². The monoisotopic (exact) mass is 250 g/mol. The molecule has 1 aromatic rings. The topological polar surface area (TPSA) is 56.7 Å². The van der Waals surface area contributed by atoms with Gasteiger partial charge >= 0.3 is 0 Å². The molecular weight excluding hydrogens is 224 g/mol. The van der Waals surface area contributed by atoms with Crippen LogP contribution in [0, 0.1) is 11.8 Å². The predicted molar refractivity (Wildman–Crippen MR) is 73.2 cm³/mol. The van der Waals surface area contributed by atoms with Crippen molar-refractivity contribution in [2.45, 2.75) is 65.0 Å². The maximum Gasteiger partial charge on any atom is 0.138 e. The van der Waals surface area contributed by atoms with Crippen molar-refractivity contribution in [1.82, 2.24) is 14.8 Å². The van der Waals surface area contributed by atoms with E-state index in [-0.39, 0.29) is 6.04 Å². The van der Waals surface area contributed by atoms with Crippen LogP contribution in [0.1, 0.15) is 58.3 Å². The predicted octanol–water partition coefficient (Wildman–Crippen LogP) is 2.56. The first-order valence-electron chi connectivity index (χ1n) is 7.25. The SMILES string of the molecule is CCC1CCC(C(N)Cc2ncnn2C(C)C)C1. The summed E-state index contributed by atoms with van der Waals surface area (Å²) in [5, 5.41) is 4.28. The maximum atomic E-state index is 6.38. The molecule has 2 rings (SSSR count). The molecule has 0 bridgehead atoms. The Kier molecular flexibility index (Phi) is 4.38. The summed E-state index contributed by atoms with van der Waals surface area (Å²) >= 11 is 0. The molecular formula is C14H26N4. The van der Waals surface area contributed by atoms with E-state index in [0.717, 1.165) is 18.2 Å². The van der Waals surface area contributed by atoms with Crippen LogP contribution in [-0.4, -0.2) is 20.8 Å². The first-order chi connectivity index (χ1) is 8.61. The Balaban J connectivity index is 1.95. The quantitative estimate of drug-likeness (QED) is 0.873. The molecule has 4 nitrogen and oxygen atoms in total. The Morgan fingerprint density at radius 1 is 1.44 bits per heavy atom. The minimum Gasteiger partial charge on any atom is -0.327 e. The van der Waals surface area contributed by atoms with Gasteiger partial charge in [0.2, 0.25) is 0 Å². The summed E-state index contributed by atoms with van der Waals surface area (Å²) in [6, 6.07) is 0.602. The molecule has 2 N–H and O–H groups in total. The van der Waals surface area contributed by atoms with Crippen molar-refractivity contribution in [2.75, 3.05) is 0 Å². The fourth-order valence-corrected chi connectivity index (χ4v) is 3.10. The van der Waals surface area contributed by atoms with Crippen molar-refractivity contribution in [3.8, 4) is 0 Å². The second-order valence-corrected chi connectivity index (χ2v) is 5.93. The molecule has 1 aromatic heterocycles. The van der Waals surface area contributed by atoms with E-state index in [2.05, 4.69) is 30.9 Å². The molecule has 4 heteroatoms. The third-order valence-corrected chi connectivity index (χ3v) is 4.32. The largest absolute Gasteiger partial charge is 0.327 e. The van der Waals surface area contributed by atoms with E-state index in [4.69, 9.17) is 5.73 Å². The van der Waals surface area contributed by atoms with Crippen LogP contribution < -0.4 is 5.73 Å². The molecule has 0 aromatic carbocycles. The average molecular weight is 250 g/mol. The van der Waals surface area contributed by atoms with Crippen LogP contribution in [0.4, 0.5) is 0 Å². The van der Waals surface area contributed by atoms with Gasteiger partial charge in [0.25, 0.3) is 0 Å². The number of aromatic nitrogens is 3. The lowest BCUT2D eigenvalue weighted by Gasteiger charge is -2.20. The van der Waals surface area contributed by atoms with Gasteiger partial charge in [-0.3, -0.25) is 0 Å². The van der Waals surface area contributed by atoms with Crippen molar-refractivity contribution in [2.24, 2.45) is 17.6 Å². The highest BCUT2D eigenvalue weighted by Crippen LogP contribution is 2.35. The summed E-state index contributed by atoms with van der Waals surface area (Å²) in [5.41, 5.74) is 6.38. The van der Waals surface area contributed by atoms with E-state index < -0.39 is 0 Å². The fraction of sp³-hybridized carbons (Fsp3) is 0.857. The van der Waals surface area contributed by atoms with Crippen LogP contribution in [0.3, 0.4) is 0 Å². The molecule has 0 saturated heterocycles. The van der Waals surface area contributed by atoms with E-state index in [1.54, 1.807) is 6.33 Å². The molecule has 0 amide bonds. The average Bonchev–Trinajstić information content (AvgIpc) is 2.96. The van der Waals surface area contributed by atoms with Gasteiger partial charge in [-0.25, -0.2) is 9.67 Å². The van der Waals surface area contributed by atoms with Crippen molar-refractivity contribution >= 4 is 0 Å². The Morgan fingerprint density at radius 3 is 2.83 bits per heavy atom. The van der Waals surface area contributed by atoms with Gasteiger partial charge < -0.3 is 5.73 Å². The van der Waals surface area contributed by atoms with Gasteiger partial charge in [0.1, 0.15) is 12.2 Å². The first kappa shape index (κ1) is 13.5. The molecule has 0 aliphatic heterocycles. The lowest BCUT2D eigenvalue weighted by Crippen LogP contribution is -2.32. The van der Waals surface area contributed by atoms with Crippen molar-refractivity contribution in [3.63, 3.8) is 0 Å². The summed E-state index contributed by atoms with van der Waals surface area (Å²) in [4.78, 5) is 4.36. The van der Waals surface area contributed by atoms with Gasteiger partial charge in [-0.1, -0.05) is 19.8 Å². The zero-order valence-corrected chi connectivity index (χ0v) is 11.8. The van der Waals surface area contributed by atoms with Gasteiger partial charge in [0.05, 0.1) is 0 Å². The second-order valence-electron chi connectivity index (χ2n) is 5.93. The molecule has 3 atom stereocenters. The summed E-state index contributed by atoms with van der Waals surface area (Å²) < 4.78 is 1.99. The summed E-state index contributed by atoms with van der Waals surface area (Å²) in [5.74, 6) is 2.61. The Labute approximate surface area is 110 Å². The van der Waals surface area contributed by atoms with Crippen LogP contribution in [0.5, 0.6) is 0 Å². The third kappa shape index (κ3) is 2.91. The normalized spacial score (nSPS) is 25.8. The first-order valence-corrected chi connectivity index (χ1v) is 7.25. The zero-order chi connectivity index (χ0) is 13.1. The summed E-state index contributed by atoms with van der Waals surface area (Å²) in [7, 11) is 0. The molecule has 1 saturated carbocycles. The van der Waals surface area contributed by atoms with Gasteiger partial charge in [-0.05, 0) is 38.5 Å². The van der Waals surface area contributed by atoms with Crippen LogP contribution >= 0.6 is 0 Å². The summed E-state index contributed by atoms with van der Waals surface area (Å²) in [6.45, 7) is 6.55. The molecule has 18 heavy (non-hydrogen) atoms. The highest BCUT2D eigenvalue weighted by Gasteiger charge is 2.29. The Hall–Kier alpha value is -0.900. The highest BCUT2D eigenvalue weighted by atomic mass is 15.3. The lowest BCUT2D eigenvalue weighted by atomic mass is 9.94. The van der Waals surface area contributed by atoms with Crippen LogP contribution in [0.2, 0.25) is 0 Å². The van der Waals surface area contributed by atoms with Gasteiger partial charge in [0.15, 0.2) is 0 Å². The smallest absolute Gasteiger partial charge is 0.138 e. The van der Waals surface area contributed by atoms with E-state index >= 15 is 0 Å². The standard InChI is InChI=1S/C14H26N4/c1-4-11-5-6-12(7-11)13(15)8-14-16-9-17-18(14)10(2)3/h9-13H,4-8,15H2,1-3H3. The molecule has 1 heterocycles. The Bertz CT molecular complexity index is 372. The molecule has 1 aliphatic carbocycles. The Morgan fingerprint density at radius 2 is 2.22 bits per heavy atom. The minimum absolute atomic E-state index is 0.239. The van der Waals surface area contributed by atoms with Gasteiger partial charge in [-0.15, -0.1) is 0 Å². The van der Waals surface area contributed by atoms with Crippen LogP contribution in [-0.2, 0) is 6.42 Å². The number of hydrogen-bond donors (Lipinski definition) is 1. The number of hydrogen-bond acceptors (Lipinski definition) is 3. The molecule has 1 fully saturated rings. The van der Waals surface area contributed by atoms with Gasteiger partial charge in [-0.2, -0.15) is 5.10 Å². The third-order valence-electron chi connectivity index (χ3n) is 4.32. The molecule has 1 aliphatic rings. The molecule has 102 valence electrons. The minimum atomic E-state index is 0.239. The number of nitrogens with two attached hydrogens (primary N) is 1. The van der Waals surface area contributed by atoms with Crippen molar-refractivity contribution in [3.05, 3.63) is 12.2 Å². The van der Waals surface area contributed by atoms with Crippen molar-refractivity contribution < 1.29 is 0 Å².